The van der Waals surface area contributed by atoms with E-state index in [1.54, 1.807) is 0 Å². The van der Waals surface area contributed by atoms with Crippen molar-refractivity contribution in [1.29, 1.82) is 0 Å². The van der Waals surface area contributed by atoms with Gasteiger partial charge in [0, 0.05) is 25.3 Å². The summed E-state index contributed by atoms with van der Waals surface area (Å²) in [5.74, 6) is -3.85. The number of carbonyl (C=O) groups excluding carboxylic acids is 3. The van der Waals surface area contributed by atoms with Crippen LogP contribution < -0.4 is 16.0 Å². The van der Waals surface area contributed by atoms with Gasteiger partial charge in [-0.1, -0.05) is 13.8 Å². The summed E-state index contributed by atoms with van der Waals surface area (Å²) < 4.78 is 62.8. The molecule has 6 atom stereocenters. The number of hydrogen-bond donors (Lipinski definition) is 6. The third kappa shape index (κ3) is 8.82. The Balaban J connectivity index is 1.54. The summed E-state index contributed by atoms with van der Waals surface area (Å²) in [6, 6.07) is -2.54. The first kappa shape index (κ1) is 30.6. The molecular weight excluding hydrogens is 528 g/mol. The maximum absolute atomic E-state index is 13.4. The lowest BCUT2D eigenvalue weighted by molar-refractivity contribution is -0.126. The van der Waals surface area contributed by atoms with Gasteiger partial charge in [0.1, 0.15) is 12.1 Å². The van der Waals surface area contributed by atoms with E-state index in [0.29, 0.717) is 25.8 Å². The van der Waals surface area contributed by atoms with Crippen molar-refractivity contribution in [2.24, 2.45) is 29.6 Å². The molecular formula is C24H40F2N3O8S+. The zero-order valence-corrected chi connectivity index (χ0v) is 22.6. The normalized spacial score (nSPS) is 27.8. The van der Waals surface area contributed by atoms with Crippen molar-refractivity contribution in [3.05, 3.63) is 0 Å². The molecule has 0 spiro atoms. The summed E-state index contributed by atoms with van der Waals surface area (Å²) in [5, 5.41) is 17.7. The van der Waals surface area contributed by atoms with Crippen LogP contribution in [0.1, 0.15) is 65.2 Å². The first-order valence-corrected chi connectivity index (χ1v) is 14.7. The molecule has 3 rings (SSSR count). The van der Waals surface area contributed by atoms with Crippen LogP contribution in [0.25, 0.3) is 0 Å². The lowest BCUT2D eigenvalue weighted by Crippen LogP contribution is -2.55. The monoisotopic (exact) mass is 568 g/mol. The van der Waals surface area contributed by atoms with Crippen molar-refractivity contribution in [2.45, 2.75) is 88.7 Å². The van der Waals surface area contributed by atoms with Gasteiger partial charge in [0.05, 0.1) is 6.61 Å². The molecule has 2 aliphatic carbocycles. The van der Waals surface area contributed by atoms with Gasteiger partial charge in [-0.3, -0.25) is 9.59 Å². The van der Waals surface area contributed by atoms with Gasteiger partial charge in [0.15, 0.2) is 0 Å². The maximum Gasteiger partial charge on any atom is 0.407 e. The van der Waals surface area contributed by atoms with E-state index in [2.05, 4.69) is 16.0 Å². The Morgan fingerprint density at radius 2 is 1.84 bits per heavy atom. The van der Waals surface area contributed by atoms with E-state index >= 15 is 0 Å². The molecule has 0 unspecified atom stereocenters. The molecule has 0 aromatic rings. The largest absolute Gasteiger partial charge is 0.449 e. The van der Waals surface area contributed by atoms with Crippen LogP contribution in [0.5, 0.6) is 0 Å². The van der Waals surface area contributed by atoms with Crippen LogP contribution in [-0.2, 0) is 29.0 Å². The van der Waals surface area contributed by atoms with Crippen LogP contribution >= 0.6 is 0 Å². The van der Waals surface area contributed by atoms with Crippen LogP contribution in [0.2, 0.25) is 0 Å². The minimum atomic E-state index is -4.71. The highest BCUT2D eigenvalue weighted by molar-refractivity contribution is 7.92. The highest BCUT2D eigenvalue weighted by atomic mass is 32.3. The average Bonchev–Trinajstić information content (AvgIpc) is 3.48. The molecule has 0 aromatic carbocycles. The second kappa shape index (κ2) is 12.5. The number of alkyl halides is 2. The zero-order valence-electron chi connectivity index (χ0n) is 21.7. The molecule has 3 aliphatic rings. The molecule has 3 amide bonds. The fraction of sp³-hybridized carbons (Fsp3) is 0.875. The molecule has 38 heavy (non-hydrogen) atoms. The second-order valence-electron chi connectivity index (χ2n) is 11.3. The van der Waals surface area contributed by atoms with Crippen LogP contribution in [0, 0.1) is 29.6 Å². The summed E-state index contributed by atoms with van der Waals surface area (Å²) in [7, 11) is -4.71. The Hall–Kier alpha value is -1.90. The molecule has 1 heterocycles. The van der Waals surface area contributed by atoms with Gasteiger partial charge < -0.3 is 25.8 Å². The number of rotatable bonds is 12. The predicted octanol–water partition coefficient (Wildman–Crippen LogP) is 2.36. The van der Waals surface area contributed by atoms with Crippen molar-refractivity contribution in [3.63, 3.8) is 0 Å². The number of hydrogen-bond acceptors (Lipinski definition) is 6. The van der Waals surface area contributed by atoms with Crippen LogP contribution in [0.15, 0.2) is 0 Å². The average molecular weight is 569 g/mol. The van der Waals surface area contributed by atoms with Gasteiger partial charge in [-0.2, -0.15) is 9.11 Å². The topological polar surface area (TPSA) is 174 Å². The summed E-state index contributed by atoms with van der Waals surface area (Å²) in [6.07, 6.45) is 1.04. The summed E-state index contributed by atoms with van der Waals surface area (Å²) in [5.41, 5.74) is -2.25. The molecule has 3 fully saturated rings. The Bertz CT molecular complexity index is 907. The Morgan fingerprint density at radius 1 is 1.18 bits per heavy atom. The van der Waals surface area contributed by atoms with Gasteiger partial charge in [0.25, 0.3) is 0 Å². The Morgan fingerprint density at radius 3 is 2.39 bits per heavy atom. The molecule has 11 nitrogen and oxygen atoms in total. The van der Waals surface area contributed by atoms with E-state index < -0.39 is 51.9 Å². The standard InChI is InChI=1S/C24H39F2N3O8S/c1-13(2)9-18(21(31)28-19(22(32)38(34,35)36)11-15-5-8-27-20(15)30)29-23(33)37-12-16-10-17(16)14-3-6-24(25,26)7-4-14/h13-19,22,32H,3-12H2,1-2H3,(H4-,27,28,29,30,31,33,34,35,36)/p+1/t15-,16+,17+,18-,19-,22-/m0/s1. The number of nitrogens with one attached hydrogen (secondary N) is 3. The molecule has 1 aliphatic heterocycles. The smallest absolute Gasteiger partial charge is 0.407 e. The minimum absolute atomic E-state index is 0.0489. The van der Waals surface area contributed by atoms with Crippen LogP contribution in [0.4, 0.5) is 13.6 Å². The highest BCUT2D eigenvalue weighted by Gasteiger charge is 2.48. The van der Waals surface area contributed by atoms with Crippen LogP contribution in [0.3, 0.4) is 0 Å². The van der Waals surface area contributed by atoms with E-state index in [-0.39, 0.29) is 61.9 Å². The van der Waals surface area contributed by atoms with Crippen molar-refractivity contribution < 1.29 is 46.3 Å². The molecule has 0 bridgehead atoms. The van der Waals surface area contributed by atoms with E-state index in [9.17, 15) is 41.6 Å². The van der Waals surface area contributed by atoms with Gasteiger partial charge in [-0.15, -0.1) is 0 Å². The molecule has 0 radical (unpaired) electrons. The quantitative estimate of drug-likeness (QED) is 0.195. The summed E-state index contributed by atoms with van der Waals surface area (Å²) in [6.45, 7) is 4.12. The van der Waals surface area contributed by atoms with Crippen molar-refractivity contribution in [2.75, 3.05) is 13.2 Å². The predicted molar refractivity (Wildman–Crippen MR) is 133 cm³/mol. The van der Waals surface area contributed by atoms with Gasteiger partial charge in [-0.25, -0.2) is 13.6 Å². The van der Waals surface area contributed by atoms with Crippen LogP contribution in [-0.4, -0.2) is 68.7 Å². The Labute approximate surface area is 222 Å². The summed E-state index contributed by atoms with van der Waals surface area (Å²) in [4.78, 5) is 37.5. The lowest BCUT2D eigenvalue weighted by atomic mass is 9.83. The summed E-state index contributed by atoms with van der Waals surface area (Å²) >= 11 is 0. The molecule has 1 saturated heterocycles. The van der Waals surface area contributed by atoms with E-state index in [1.807, 2.05) is 13.8 Å². The van der Waals surface area contributed by atoms with Crippen molar-refractivity contribution in [1.82, 2.24) is 16.0 Å². The van der Waals surface area contributed by atoms with E-state index in [4.69, 9.17) is 4.74 Å². The minimum Gasteiger partial charge on any atom is -0.449 e. The number of ether oxygens (including phenoxy) is 1. The lowest BCUT2D eigenvalue weighted by Gasteiger charge is -2.28. The molecule has 2 saturated carbocycles. The maximum atomic E-state index is 13.4. The highest BCUT2D eigenvalue weighted by Crippen LogP contribution is 2.51. The van der Waals surface area contributed by atoms with E-state index in [0.717, 1.165) is 6.42 Å². The van der Waals surface area contributed by atoms with Gasteiger partial charge in [-0.05, 0) is 66.4 Å². The van der Waals surface area contributed by atoms with Crippen molar-refractivity contribution in [3.8, 4) is 0 Å². The number of carbonyl (C=O) groups is 3. The number of halogens is 2. The number of amides is 3. The Kier molecular flexibility index (Phi) is 10.1. The molecule has 14 heteroatoms. The number of aliphatic hydroxyl groups is 1. The number of aliphatic hydroxyl groups excluding tert-OH is 1. The zero-order chi connectivity index (χ0) is 28.3. The van der Waals surface area contributed by atoms with Gasteiger partial charge in [0.2, 0.25) is 17.7 Å². The fourth-order valence-corrected chi connectivity index (χ4v) is 6.13. The van der Waals surface area contributed by atoms with Gasteiger partial charge >= 0.3 is 22.0 Å². The molecule has 6 N–H and O–H groups in total. The fourth-order valence-electron chi connectivity index (χ4n) is 5.52. The number of alkyl carbamates (subject to hydrolysis) is 1. The first-order chi connectivity index (χ1) is 17.7. The third-order valence-electron chi connectivity index (χ3n) is 7.78. The first-order valence-electron chi connectivity index (χ1n) is 13.2. The van der Waals surface area contributed by atoms with Crippen molar-refractivity contribution >= 4 is 28.4 Å². The SMILES string of the molecule is CC(C)C[C@H](NC(=O)OC[C@H]1C[C@@H]1C1CCC(F)(F)CC1)C(=O)N[C@@H](C[C@@H]1CCNC1=O)[C@@H](O)[S+](=O)(O)O. The third-order valence-corrected chi connectivity index (χ3v) is 8.73. The van der Waals surface area contributed by atoms with E-state index in [1.165, 1.54) is 0 Å². The second-order valence-corrected chi connectivity index (χ2v) is 12.9. The molecule has 0 aromatic heterocycles. The molecule has 218 valence electrons.